The fraction of sp³-hybridized carbons (Fsp3) is 0. The number of nitrogens with zero attached hydrogens (tertiary/aromatic N) is 5. The SMILES string of the molecule is [2H]c1cc([2H])c2c(c1[2H])c1c([2H])c([2H])cc([2H])c1n2-c1ccc(-c2nc(-c3ccccc3)nc(-n3c4ccccc4c4ccc(-c5ccccc5)cc43)n2)cc1-c1cccc2c1sc1ccccc12. The summed E-state index contributed by atoms with van der Waals surface area (Å²) in [7, 11) is 0. The first-order valence-electron chi connectivity index (χ1n) is 23.7. The Morgan fingerprint density at radius 1 is 0.381 bits per heavy atom. The second-order valence-corrected chi connectivity index (χ2v) is 16.6. The summed E-state index contributed by atoms with van der Waals surface area (Å²) in [4.78, 5) is 15.8. The van der Waals surface area contributed by atoms with Gasteiger partial charge in [-0.3, -0.25) is 4.57 Å². The molecule has 0 atom stereocenters. The first kappa shape index (κ1) is 29.9. The van der Waals surface area contributed by atoms with Gasteiger partial charge in [0.2, 0.25) is 5.95 Å². The largest absolute Gasteiger partial charge is 0.309 e. The Hall–Kier alpha value is -8.19. The van der Waals surface area contributed by atoms with E-state index in [2.05, 4.69) is 71.3 Å². The number of para-hydroxylation sites is 3. The highest BCUT2D eigenvalue weighted by Crippen LogP contribution is 2.44. The maximum Gasteiger partial charge on any atom is 0.238 e. The Balaban J connectivity index is 1.13. The molecule has 0 aliphatic rings. The van der Waals surface area contributed by atoms with Gasteiger partial charge < -0.3 is 4.57 Å². The summed E-state index contributed by atoms with van der Waals surface area (Å²) in [6, 6.07) is 57.4. The quantitative estimate of drug-likeness (QED) is 0.168. The van der Waals surface area contributed by atoms with E-state index >= 15 is 0 Å². The molecule has 0 aliphatic heterocycles. The third-order valence-corrected chi connectivity index (χ3v) is 13.2. The molecule has 6 heteroatoms. The summed E-state index contributed by atoms with van der Waals surface area (Å²) >= 11 is 1.68. The molecule has 0 aliphatic carbocycles. The molecule has 0 fully saturated rings. The van der Waals surface area contributed by atoms with E-state index in [1.54, 1.807) is 15.9 Å². The van der Waals surface area contributed by atoms with Gasteiger partial charge in [0.1, 0.15) is 0 Å². The van der Waals surface area contributed by atoms with E-state index in [0.29, 0.717) is 28.8 Å². The number of thiophene rings is 1. The maximum absolute atomic E-state index is 9.33. The summed E-state index contributed by atoms with van der Waals surface area (Å²) in [5.74, 6) is 1.35. The molecule has 0 amide bonds. The van der Waals surface area contributed by atoms with E-state index in [0.717, 1.165) is 69.8 Å². The summed E-state index contributed by atoms with van der Waals surface area (Å²) in [5.41, 5.74) is 8.32. The number of aromatic nitrogens is 5. The normalized spacial score (nSPS) is 13.1. The Bertz CT molecular complexity index is 4210. The van der Waals surface area contributed by atoms with Crippen molar-refractivity contribution in [2.45, 2.75) is 0 Å². The van der Waals surface area contributed by atoms with Crippen LogP contribution >= 0.6 is 11.3 Å². The first-order valence-corrected chi connectivity index (χ1v) is 21.5. The summed E-state index contributed by atoms with van der Waals surface area (Å²) in [6.07, 6.45) is 0. The first-order chi connectivity index (χ1) is 33.7. The average molecular weight is 828 g/mol. The number of rotatable bonds is 6. The van der Waals surface area contributed by atoms with Gasteiger partial charge in [-0.1, -0.05) is 164 Å². The molecule has 0 radical (unpaired) electrons. The Labute approximate surface area is 374 Å². The van der Waals surface area contributed by atoms with Gasteiger partial charge >= 0.3 is 0 Å². The lowest BCUT2D eigenvalue weighted by molar-refractivity contribution is 0.953. The van der Waals surface area contributed by atoms with Gasteiger partial charge in [0, 0.05) is 64.0 Å². The smallest absolute Gasteiger partial charge is 0.238 e. The van der Waals surface area contributed by atoms with Crippen molar-refractivity contribution < 1.29 is 8.22 Å². The molecule has 13 rings (SSSR count). The molecule has 0 unspecified atom stereocenters. The minimum absolute atomic E-state index is 0.0289. The van der Waals surface area contributed by atoms with Gasteiger partial charge in [0.25, 0.3) is 0 Å². The molecular weight excluding hydrogens is 787 g/mol. The van der Waals surface area contributed by atoms with Gasteiger partial charge in [0.05, 0.1) is 36.0 Å². The average Bonchev–Trinajstić information content (AvgIpc) is 4.06. The molecule has 0 N–H and O–H groups in total. The fourth-order valence-corrected chi connectivity index (χ4v) is 10.3. The van der Waals surface area contributed by atoms with Crippen LogP contribution in [-0.2, 0) is 0 Å². The zero-order valence-corrected chi connectivity index (χ0v) is 34.2. The van der Waals surface area contributed by atoms with Crippen LogP contribution in [0.15, 0.2) is 212 Å². The van der Waals surface area contributed by atoms with Crippen molar-refractivity contribution >= 4 is 75.1 Å². The van der Waals surface area contributed by atoms with Gasteiger partial charge in [-0.05, 0) is 59.6 Å². The topological polar surface area (TPSA) is 48.5 Å². The lowest BCUT2D eigenvalue weighted by Crippen LogP contribution is -2.07. The Kier molecular flexibility index (Phi) is 6.75. The molecule has 9 aromatic carbocycles. The van der Waals surface area contributed by atoms with Crippen LogP contribution in [0.25, 0.3) is 120 Å². The van der Waals surface area contributed by atoms with Crippen LogP contribution in [0.1, 0.15) is 8.22 Å². The number of fused-ring (bicyclic) bond motifs is 9. The second-order valence-electron chi connectivity index (χ2n) is 15.5. The predicted octanol–water partition coefficient (Wildman–Crippen LogP) is 15.1. The Morgan fingerprint density at radius 2 is 1.02 bits per heavy atom. The monoisotopic (exact) mass is 827 g/mol. The highest BCUT2D eigenvalue weighted by Gasteiger charge is 2.22. The zero-order valence-electron chi connectivity index (χ0n) is 39.4. The van der Waals surface area contributed by atoms with Crippen molar-refractivity contribution in [1.82, 2.24) is 24.1 Å². The minimum atomic E-state index is -0.169. The lowest BCUT2D eigenvalue weighted by atomic mass is 9.98. The van der Waals surface area contributed by atoms with Gasteiger partial charge in [-0.25, -0.2) is 4.98 Å². The van der Waals surface area contributed by atoms with E-state index in [1.807, 2.05) is 97.1 Å². The molecule has 0 spiro atoms. The molecule has 294 valence electrons. The van der Waals surface area contributed by atoms with Gasteiger partial charge in [-0.2, -0.15) is 9.97 Å². The zero-order chi connectivity index (χ0) is 46.7. The molecule has 13 aromatic rings. The van der Waals surface area contributed by atoms with E-state index in [9.17, 15) is 2.74 Å². The van der Waals surface area contributed by atoms with E-state index in [-0.39, 0.29) is 58.1 Å². The number of hydrogen-bond acceptors (Lipinski definition) is 4. The van der Waals surface area contributed by atoms with E-state index < -0.39 is 0 Å². The molecule has 4 aromatic heterocycles. The van der Waals surface area contributed by atoms with Gasteiger partial charge in [-0.15, -0.1) is 11.3 Å². The summed E-state index contributed by atoms with van der Waals surface area (Å²) in [6.45, 7) is 0. The van der Waals surface area contributed by atoms with Crippen molar-refractivity contribution in [3.8, 4) is 56.7 Å². The number of benzene rings is 9. The standard InChI is InChI=1S/C57H35N5S/c1-3-16-36(17-4-1)38-30-32-43-42-22-9-13-28-50(42)62(52(43)35-38)57-59-55(37-18-5-2-6-19-37)58-56(60-57)39-31-33-51(61-48-26-11-7-20-40(48)41-21-8-12-27-49(41)61)47(34-39)46-25-15-24-45-44-23-10-14-29-53(44)63-54(45)46/h1-35H/i7D,8D,20D,21D,26D,27D. The molecule has 0 saturated heterocycles. The van der Waals surface area contributed by atoms with E-state index in [1.165, 1.54) is 12.1 Å². The minimum Gasteiger partial charge on any atom is -0.309 e. The molecule has 5 nitrogen and oxygen atoms in total. The van der Waals surface area contributed by atoms with Crippen LogP contribution < -0.4 is 0 Å². The fourth-order valence-electron chi connectivity index (χ4n) is 9.11. The maximum atomic E-state index is 9.33. The van der Waals surface area contributed by atoms with Crippen LogP contribution in [0.5, 0.6) is 0 Å². The molecule has 0 saturated carbocycles. The van der Waals surface area contributed by atoms with Crippen molar-refractivity contribution in [3.05, 3.63) is 212 Å². The lowest BCUT2D eigenvalue weighted by Gasteiger charge is -2.17. The third-order valence-electron chi connectivity index (χ3n) is 12.0. The van der Waals surface area contributed by atoms with E-state index in [4.69, 9.17) is 20.4 Å². The summed E-state index contributed by atoms with van der Waals surface area (Å²) in [5, 5.41) is 4.71. The summed E-state index contributed by atoms with van der Waals surface area (Å²) < 4.78 is 60.3. The second kappa shape index (κ2) is 14.2. The van der Waals surface area contributed by atoms with Crippen molar-refractivity contribution in [3.63, 3.8) is 0 Å². The van der Waals surface area contributed by atoms with Crippen molar-refractivity contribution in [2.24, 2.45) is 0 Å². The molecular formula is C57H35N5S. The van der Waals surface area contributed by atoms with Crippen LogP contribution in [0.3, 0.4) is 0 Å². The number of hydrogen-bond donors (Lipinski definition) is 0. The van der Waals surface area contributed by atoms with Crippen LogP contribution in [0, 0.1) is 0 Å². The Morgan fingerprint density at radius 3 is 1.79 bits per heavy atom. The highest BCUT2D eigenvalue weighted by atomic mass is 32.1. The molecule has 0 bridgehead atoms. The predicted molar refractivity (Wildman–Crippen MR) is 263 cm³/mol. The van der Waals surface area contributed by atoms with Crippen LogP contribution in [0.4, 0.5) is 0 Å². The highest BCUT2D eigenvalue weighted by molar-refractivity contribution is 7.26. The van der Waals surface area contributed by atoms with Gasteiger partial charge in [0.15, 0.2) is 11.6 Å². The molecule has 4 heterocycles. The van der Waals surface area contributed by atoms with Crippen LogP contribution in [-0.4, -0.2) is 24.1 Å². The molecule has 63 heavy (non-hydrogen) atoms. The third kappa shape index (κ3) is 5.66. The van der Waals surface area contributed by atoms with Crippen LogP contribution in [0.2, 0.25) is 0 Å². The van der Waals surface area contributed by atoms with Crippen molar-refractivity contribution in [2.75, 3.05) is 0 Å². The van der Waals surface area contributed by atoms with Crippen molar-refractivity contribution in [1.29, 1.82) is 0 Å².